The average molecular weight is 673 g/mol. The Morgan fingerprint density at radius 2 is 0.717 bits per heavy atom. The van der Waals surface area contributed by atoms with Crippen molar-refractivity contribution >= 4 is 53.9 Å². The predicted octanol–water partition coefficient (Wildman–Crippen LogP) is 14.8. The van der Waals surface area contributed by atoms with Crippen molar-refractivity contribution in [1.82, 2.24) is 0 Å². The van der Waals surface area contributed by atoms with Gasteiger partial charge in [-0.25, -0.2) is 0 Å². The Hall–Kier alpha value is -6.50. The molecule has 0 aromatic heterocycles. The SMILES string of the molecule is CC1(C)c2c(-c3c4ccccc4c(-c4ccc(-c5ccc6ccccc6c5)cc4)c4ccccc34)cccc2-c2c1c1ccccc1c1ccccc21. The van der Waals surface area contributed by atoms with Crippen molar-refractivity contribution in [2.75, 3.05) is 0 Å². The molecule has 248 valence electrons. The van der Waals surface area contributed by atoms with E-state index in [4.69, 9.17) is 0 Å². The Kier molecular flexibility index (Phi) is 6.40. The molecule has 0 radical (unpaired) electrons. The van der Waals surface area contributed by atoms with E-state index >= 15 is 0 Å². The molecule has 0 spiro atoms. The monoisotopic (exact) mass is 672 g/mol. The lowest BCUT2D eigenvalue weighted by Crippen LogP contribution is -2.17. The number of hydrogen-bond acceptors (Lipinski definition) is 0. The number of fused-ring (bicyclic) bond motifs is 11. The minimum Gasteiger partial charge on any atom is -0.0616 e. The van der Waals surface area contributed by atoms with Crippen LogP contribution in [0.5, 0.6) is 0 Å². The minimum absolute atomic E-state index is 0.218. The summed E-state index contributed by atoms with van der Waals surface area (Å²) in [5, 5.41) is 13.0. The van der Waals surface area contributed by atoms with E-state index in [9.17, 15) is 0 Å². The molecule has 0 saturated heterocycles. The van der Waals surface area contributed by atoms with Gasteiger partial charge in [0.05, 0.1) is 0 Å². The molecule has 10 aromatic rings. The summed E-state index contributed by atoms with van der Waals surface area (Å²) in [5.41, 5.74) is 13.0. The van der Waals surface area contributed by atoms with Crippen molar-refractivity contribution in [2.24, 2.45) is 0 Å². The maximum atomic E-state index is 2.44. The van der Waals surface area contributed by atoms with Gasteiger partial charge in [0.2, 0.25) is 0 Å². The van der Waals surface area contributed by atoms with Crippen LogP contribution in [0, 0.1) is 0 Å². The molecule has 0 saturated carbocycles. The van der Waals surface area contributed by atoms with Crippen LogP contribution < -0.4 is 0 Å². The van der Waals surface area contributed by atoms with Gasteiger partial charge in [-0.3, -0.25) is 0 Å². The number of benzene rings is 10. The fourth-order valence-electron chi connectivity index (χ4n) is 9.77. The summed E-state index contributed by atoms with van der Waals surface area (Å²) in [6.07, 6.45) is 0. The first-order valence-corrected chi connectivity index (χ1v) is 18.7. The molecule has 0 heteroatoms. The second-order valence-electron chi connectivity index (χ2n) is 15.2. The summed E-state index contributed by atoms with van der Waals surface area (Å²) in [7, 11) is 0. The van der Waals surface area contributed by atoms with Crippen LogP contribution >= 0.6 is 0 Å². The van der Waals surface area contributed by atoms with E-state index in [1.54, 1.807) is 0 Å². The molecule has 0 heterocycles. The van der Waals surface area contributed by atoms with Crippen LogP contribution in [0.15, 0.2) is 182 Å². The van der Waals surface area contributed by atoms with E-state index in [2.05, 4.69) is 196 Å². The van der Waals surface area contributed by atoms with E-state index in [0.717, 1.165) is 0 Å². The molecule has 0 atom stereocenters. The lowest BCUT2D eigenvalue weighted by molar-refractivity contribution is 0.668. The van der Waals surface area contributed by atoms with Crippen molar-refractivity contribution in [3.63, 3.8) is 0 Å². The molecule has 0 fully saturated rings. The lowest BCUT2D eigenvalue weighted by atomic mass is 9.75. The van der Waals surface area contributed by atoms with E-state index in [-0.39, 0.29) is 5.41 Å². The van der Waals surface area contributed by atoms with Gasteiger partial charge in [-0.1, -0.05) is 190 Å². The Balaban J connectivity index is 1.16. The van der Waals surface area contributed by atoms with E-state index < -0.39 is 0 Å². The normalized spacial score (nSPS) is 13.2. The average Bonchev–Trinajstić information content (AvgIpc) is 3.47. The predicted molar refractivity (Wildman–Crippen MR) is 228 cm³/mol. The van der Waals surface area contributed by atoms with Gasteiger partial charge in [0, 0.05) is 5.41 Å². The zero-order valence-electron chi connectivity index (χ0n) is 29.8. The molecule has 0 amide bonds. The second kappa shape index (κ2) is 11.2. The summed E-state index contributed by atoms with van der Waals surface area (Å²) in [5.74, 6) is 0. The summed E-state index contributed by atoms with van der Waals surface area (Å²) in [6, 6.07) is 67.7. The highest BCUT2D eigenvalue weighted by molar-refractivity contribution is 6.23. The fourth-order valence-corrected chi connectivity index (χ4v) is 9.77. The molecule has 0 unspecified atom stereocenters. The van der Waals surface area contributed by atoms with Crippen LogP contribution in [0.2, 0.25) is 0 Å². The highest BCUT2D eigenvalue weighted by Crippen LogP contribution is 2.58. The molecule has 0 bridgehead atoms. The molecule has 0 nitrogen and oxygen atoms in total. The largest absolute Gasteiger partial charge is 0.0616 e. The number of hydrogen-bond donors (Lipinski definition) is 0. The van der Waals surface area contributed by atoms with Gasteiger partial charge in [0.25, 0.3) is 0 Å². The van der Waals surface area contributed by atoms with E-state index in [1.165, 1.54) is 109 Å². The van der Waals surface area contributed by atoms with Gasteiger partial charge in [0.1, 0.15) is 0 Å². The van der Waals surface area contributed by atoms with E-state index in [0.29, 0.717) is 0 Å². The first kappa shape index (κ1) is 30.2. The van der Waals surface area contributed by atoms with Crippen molar-refractivity contribution in [1.29, 1.82) is 0 Å². The molecule has 11 rings (SSSR count). The highest BCUT2D eigenvalue weighted by atomic mass is 14.4. The molecule has 0 aliphatic heterocycles. The van der Waals surface area contributed by atoms with Crippen molar-refractivity contribution in [3.05, 3.63) is 193 Å². The van der Waals surface area contributed by atoms with Crippen LogP contribution in [0.3, 0.4) is 0 Å². The number of rotatable bonds is 3. The third-order valence-corrected chi connectivity index (χ3v) is 12.0. The van der Waals surface area contributed by atoms with Crippen LogP contribution in [0.25, 0.3) is 98.4 Å². The Morgan fingerprint density at radius 1 is 0.283 bits per heavy atom. The van der Waals surface area contributed by atoms with Crippen LogP contribution in [0.4, 0.5) is 0 Å². The Morgan fingerprint density at radius 3 is 1.34 bits per heavy atom. The van der Waals surface area contributed by atoms with Gasteiger partial charge < -0.3 is 0 Å². The van der Waals surface area contributed by atoms with Crippen molar-refractivity contribution in [2.45, 2.75) is 19.3 Å². The maximum absolute atomic E-state index is 2.44. The summed E-state index contributed by atoms with van der Waals surface area (Å²) < 4.78 is 0. The molecular formula is C53H36. The Bertz CT molecular complexity index is 3060. The van der Waals surface area contributed by atoms with Gasteiger partial charge in [-0.05, 0) is 116 Å². The van der Waals surface area contributed by atoms with Crippen LogP contribution in [-0.2, 0) is 5.41 Å². The molecule has 0 N–H and O–H groups in total. The van der Waals surface area contributed by atoms with Crippen molar-refractivity contribution in [3.8, 4) is 44.5 Å². The van der Waals surface area contributed by atoms with Gasteiger partial charge >= 0.3 is 0 Å². The van der Waals surface area contributed by atoms with Gasteiger partial charge in [-0.2, -0.15) is 0 Å². The Labute approximate surface area is 309 Å². The van der Waals surface area contributed by atoms with E-state index in [1.807, 2.05) is 0 Å². The maximum Gasteiger partial charge on any atom is 0.0171 e. The smallest absolute Gasteiger partial charge is 0.0171 e. The van der Waals surface area contributed by atoms with Crippen LogP contribution in [0.1, 0.15) is 25.0 Å². The van der Waals surface area contributed by atoms with Gasteiger partial charge in [0.15, 0.2) is 0 Å². The lowest BCUT2D eigenvalue weighted by Gasteiger charge is -2.27. The zero-order valence-corrected chi connectivity index (χ0v) is 29.8. The first-order valence-electron chi connectivity index (χ1n) is 18.7. The third-order valence-electron chi connectivity index (χ3n) is 12.0. The zero-order chi connectivity index (χ0) is 35.3. The molecule has 1 aliphatic carbocycles. The van der Waals surface area contributed by atoms with Gasteiger partial charge in [-0.15, -0.1) is 0 Å². The molecule has 1 aliphatic rings. The molecular weight excluding hydrogens is 637 g/mol. The minimum atomic E-state index is -0.218. The fraction of sp³-hybridized carbons (Fsp3) is 0.0566. The summed E-state index contributed by atoms with van der Waals surface area (Å²) >= 11 is 0. The first-order chi connectivity index (χ1) is 26.1. The standard InChI is InChI=1S/C53H36/c1-53(2)51-46(24-13-25-47(51)50-40-18-7-5-16-38(40)39-17-6-12-23-45(39)52(50)53)49-43-21-10-8-19-41(43)48(42-20-9-11-22-44(42)49)35-29-26-34(27-30-35)37-31-28-33-14-3-4-15-36(33)32-37/h3-32H,1-2H3. The second-order valence-corrected chi connectivity index (χ2v) is 15.2. The summed E-state index contributed by atoms with van der Waals surface area (Å²) in [6.45, 7) is 4.89. The molecule has 10 aromatic carbocycles. The van der Waals surface area contributed by atoms with Crippen LogP contribution in [-0.4, -0.2) is 0 Å². The third kappa shape index (κ3) is 4.30. The van der Waals surface area contributed by atoms with Crippen molar-refractivity contribution < 1.29 is 0 Å². The molecule has 53 heavy (non-hydrogen) atoms. The quantitative estimate of drug-likeness (QED) is 0.129. The highest BCUT2D eigenvalue weighted by Gasteiger charge is 2.40. The topological polar surface area (TPSA) is 0 Å². The summed E-state index contributed by atoms with van der Waals surface area (Å²) in [4.78, 5) is 0.